The molecule has 0 aliphatic heterocycles. The number of halogens is 1. The average molecular weight is 357 g/mol. The molecule has 2 aromatic rings. The van der Waals surface area contributed by atoms with E-state index < -0.39 is 10.8 Å². The van der Waals surface area contributed by atoms with E-state index in [4.69, 9.17) is 0 Å². The minimum Gasteiger partial charge on any atom is -0.506 e. The Morgan fingerprint density at radius 2 is 2.15 bits per heavy atom. The molecule has 0 aliphatic rings. The van der Waals surface area contributed by atoms with Gasteiger partial charge < -0.3 is 10.4 Å². The van der Waals surface area contributed by atoms with Gasteiger partial charge in [0.15, 0.2) is 0 Å². The van der Waals surface area contributed by atoms with Crippen LogP contribution >= 0.6 is 27.3 Å². The summed E-state index contributed by atoms with van der Waals surface area (Å²) in [6, 6.07) is 5.21. The first-order chi connectivity index (χ1) is 9.38. The van der Waals surface area contributed by atoms with Gasteiger partial charge in [0.05, 0.1) is 26.0 Å². The molecular weight excluding hydrogens is 348 g/mol. The highest BCUT2D eigenvalue weighted by Crippen LogP contribution is 2.31. The highest BCUT2D eigenvalue weighted by molar-refractivity contribution is 9.11. The fraction of sp³-hybridized carbons (Fsp3) is 0.0833. The first kappa shape index (κ1) is 14.5. The third-order valence-corrected chi connectivity index (χ3v) is 4.25. The van der Waals surface area contributed by atoms with Crippen LogP contribution in [0, 0.1) is 17.0 Å². The van der Waals surface area contributed by atoms with E-state index in [1.165, 1.54) is 23.5 Å². The summed E-state index contributed by atoms with van der Waals surface area (Å²) in [6.45, 7) is 1.87. The number of aromatic hydroxyl groups is 1. The van der Waals surface area contributed by atoms with Crippen LogP contribution in [0.1, 0.15) is 15.2 Å². The number of hydrogen-bond donors (Lipinski definition) is 2. The number of phenolic OH excluding ortho intramolecular Hbond substituents is 1. The average Bonchev–Trinajstić information content (AvgIpc) is 2.70. The lowest BCUT2D eigenvalue weighted by Crippen LogP contribution is -2.11. The molecule has 0 bridgehead atoms. The Hall–Kier alpha value is -1.93. The number of carbonyl (C=O) groups is 1. The van der Waals surface area contributed by atoms with Crippen LogP contribution in [-0.2, 0) is 0 Å². The summed E-state index contributed by atoms with van der Waals surface area (Å²) in [5.41, 5.74) is 0.328. The van der Waals surface area contributed by atoms with Crippen molar-refractivity contribution in [2.24, 2.45) is 0 Å². The number of non-ortho nitro benzene ring substituents is 1. The van der Waals surface area contributed by atoms with Gasteiger partial charge in [-0.25, -0.2) is 0 Å². The number of phenols is 1. The second-order valence-electron chi connectivity index (χ2n) is 3.96. The Labute approximate surface area is 126 Å². The Kier molecular flexibility index (Phi) is 4.05. The molecule has 6 nitrogen and oxygen atoms in total. The van der Waals surface area contributed by atoms with E-state index in [9.17, 15) is 20.0 Å². The summed E-state index contributed by atoms with van der Waals surface area (Å²) in [5.74, 6) is -0.749. The predicted molar refractivity (Wildman–Crippen MR) is 79.5 cm³/mol. The van der Waals surface area contributed by atoms with Gasteiger partial charge in [0.25, 0.3) is 11.6 Å². The maximum absolute atomic E-state index is 12.0. The number of benzene rings is 1. The number of carbonyl (C=O) groups excluding carboxylic acids is 1. The quantitative estimate of drug-likeness (QED) is 0.498. The van der Waals surface area contributed by atoms with Crippen molar-refractivity contribution in [1.29, 1.82) is 0 Å². The van der Waals surface area contributed by atoms with Crippen LogP contribution in [0.25, 0.3) is 0 Å². The summed E-state index contributed by atoms with van der Waals surface area (Å²) in [6.07, 6.45) is 0. The van der Waals surface area contributed by atoms with Crippen molar-refractivity contribution in [2.45, 2.75) is 6.92 Å². The van der Waals surface area contributed by atoms with E-state index in [1.807, 2.05) is 6.92 Å². The number of anilines is 1. The van der Waals surface area contributed by atoms with Gasteiger partial charge in [-0.3, -0.25) is 14.9 Å². The van der Waals surface area contributed by atoms with Crippen molar-refractivity contribution >= 4 is 44.5 Å². The van der Waals surface area contributed by atoms with E-state index in [1.54, 1.807) is 6.07 Å². The molecule has 0 radical (unpaired) electrons. The molecule has 20 heavy (non-hydrogen) atoms. The van der Waals surface area contributed by atoms with Crippen molar-refractivity contribution in [3.05, 3.63) is 48.6 Å². The number of nitrogens with one attached hydrogen (secondary N) is 1. The summed E-state index contributed by atoms with van der Waals surface area (Å²) in [7, 11) is 0. The summed E-state index contributed by atoms with van der Waals surface area (Å²) in [5, 5.41) is 22.8. The SMILES string of the molecule is Cc1cc(C(=O)Nc2ccc([N+](=O)[O-])cc2O)c(Br)s1. The minimum atomic E-state index is -0.621. The first-order valence-corrected chi connectivity index (χ1v) is 7.04. The third kappa shape index (κ3) is 2.97. The topological polar surface area (TPSA) is 92.5 Å². The van der Waals surface area contributed by atoms with Gasteiger partial charge in [0.1, 0.15) is 5.75 Å². The monoisotopic (exact) mass is 356 g/mol. The number of aryl methyl sites for hydroxylation is 1. The molecule has 2 N–H and O–H groups in total. The molecule has 1 aromatic heterocycles. The van der Waals surface area contributed by atoms with Crippen LogP contribution in [0.5, 0.6) is 5.75 Å². The Morgan fingerprint density at radius 3 is 2.65 bits per heavy atom. The van der Waals surface area contributed by atoms with Crippen LogP contribution < -0.4 is 5.32 Å². The Bertz CT molecular complexity index is 699. The van der Waals surface area contributed by atoms with Crippen molar-refractivity contribution in [3.63, 3.8) is 0 Å². The molecule has 0 saturated heterocycles. The molecule has 0 unspecified atom stereocenters. The van der Waals surface area contributed by atoms with Gasteiger partial charge in [0, 0.05) is 10.9 Å². The number of thiophene rings is 1. The zero-order chi connectivity index (χ0) is 14.9. The smallest absolute Gasteiger partial charge is 0.273 e. The van der Waals surface area contributed by atoms with Crippen molar-refractivity contribution in [1.82, 2.24) is 0 Å². The second-order valence-corrected chi connectivity index (χ2v) is 6.53. The predicted octanol–water partition coefficient (Wildman–Crippen LogP) is 3.69. The zero-order valence-corrected chi connectivity index (χ0v) is 12.6. The van der Waals surface area contributed by atoms with Gasteiger partial charge in [-0.05, 0) is 35.0 Å². The molecule has 1 amide bonds. The molecule has 1 heterocycles. The van der Waals surface area contributed by atoms with E-state index in [2.05, 4.69) is 21.2 Å². The highest BCUT2D eigenvalue weighted by Gasteiger charge is 2.16. The van der Waals surface area contributed by atoms with Crippen LogP contribution in [0.2, 0.25) is 0 Å². The number of nitro groups is 1. The van der Waals surface area contributed by atoms with Gasteiger partial charge in [-0.2, -0.15) is 0 Å². The fourth-order valence-electron chi connectivity index (χ4n) is 1.57. The van der Waals surface area contributed by atoms with E-state index in [0.29, 0.717) is 9.35 Å². The number of nitrogens with zero attached hydrogens (tertiary/aromatic N) is 1. The second kappa shape index (κ2) is 5.59. The maximum Gasteiger partial charge on any atom is 0.273 e. The van der Waals surface area contributed by atoms with Gasteiger partial charge in [-0.15, -0.1) is 11.3 Å². The van der Waals surface area contributed by atoms with Gasteiger partial charge in [0.2, 0.25) is 0 Å². The minimum absolute atomic E-state index is 0.122. The number of rotatable bonds is 3. The molecule has 1 aromatic carbocycles. The van der Waals surface area contributed by atoms with E-state index in [0.717, 1.165) is 10.9 Å². The zero-order valence-electron chi connectivity index (χ0n) is 10.2. The molecule has 0 spiro atoms. The first-order valence-electron chi connectivity index (χ1n) is 5.43. The molecule has 104 valence electrons. The normalized spacial score (nSPS) is 10.3. The molecule has 0 atom stereocenters. The van der Waals surface area contributed by atoms with Crippen molar-refractivity contribution in [3.8, 4) is 5.75 Å². The van der Waals surface area contributed by atoms with Crippen LogP contribution in [0.3, 0.4) is 0 Å². The maximum atomic E-state index is 12.0. The third-order valence-electron chi connectivity index (χ3n) is 2.49. The van der Waals surface area contributed by atoms with Crippen LogP contribution in [-0.4, -0.2) is 15.9 Å². The molecular formula is C12H9BrN2O4S. The Morgan fingerprint density at radius 1 is 1.45 bits per heavy atom. The standard InChI is InChI=1S/C12H9BrN2O4S/c1-6-4-8(11(13)20-6)12(17)14-9-3-2-7(15(18)19)5-10(9)16/h2-5,16H,1H3,(H,14,17). The number of hydrogen-bond acceptors (Lipinski definition) is 5. The van der Waals surface area contributed by atoms with Crippen molar-refractivity contribution in [2.75, 3.05) is 5.32 Å². The Balaban J connectivity index is 2.24. The van der Waals surface area contributed by atoms with Gasteiger partial charge in [-0.1, -0.05) is 0 Å². The molecule has 0 fully saturated rings. The highest BCUT2D eigenvalue weighted by atomic mass is 79.9. The number of amides is 1. The molecule has 8 heteroatoms. The van der Waals surface area contributed by atoms with Crippen molar-refractivity contribution < 1.29 is 14.8 Å². The lowest BCUT2D eigenvalue weighted by atomic mass is 10.2. The van der Waals surface area contributed by atoms with Gasteiger partial charge >= 0.3 is 0 Å². The van der Waals surface area contributed by atoms with E-state index >= 15 is 0 Å². The largest absolute Gasteiger partial charge is 0.506 e. The summed E-state index contributed by atoms with van der Waals surface area (Å²) in [4.78, 5) is 22.9. The summed E-state index contributed by atoms with van der Waals surface area (Å²) < 4.78 is 0.689. The summed E-state index contributed by atoms with van der Waals surface area (Å²) >= 11 is 4.71. The van der Waals surface area contributed by atoms with E-state index in [-0.39, 0.29) is 17.1 Å². The van der Waals surface area contributed by atoms with Crippen LogP contribution in [0.4, 0.5) is 11.4 Å². The van der Waals surface area contributed by atoms with Crippen LogP contribution in [0.15, 0.2) is 28.1 Å². The lowest BCUT2D eigenvalue weighted by Gasteiger charge is -2.06. The fourth-order valence-corrected chi connectivity index (χ4v) is 3.35. The lowest BCUT2D eigenvalue weighted by molar-refractivity contribution is -0.384. The molecule has 0 saturated carbocycles. The molecule has 0 aliphatic carbocycles. The molecule has 2 rings (SSSR count). The number of nitro benzene ring substituents is 1.